The molecule has 2 aromatic rings. The second-order valence-electron chi connectivity index (χ2n) is 8.59. The molecule has 0 aliphatic carbocycles. The summed E-state index contributed by atoms with van der Waals surface area (Å²) in [6.07, 6.45) is 4.10. The third-order valence-corrected chi connectivity index (χ3v) is 5.91. The number of likely N-dealkylation sites (tertiary alicyclic amines) is 1. The van der Waals surface area contributed by atoms with Gasteiger partial charge in [0.15, 0.2) is 5.96 Å². The van der Waals surface area contributed by atoms with Crippen LogP contribution in [0.1, 0.15) is 56.9 Å². The van der Waals surface area contributed by atoms with Gasteiger partial charge in [-0.15, -0.1) is 35.3 Å². The number of piperidine rings is 1. The quantitative estimate of drug-likeness (QED) is 0.326. The first-order chi connectivity index (χ1) is 13.9. The number of thiazole rings is 1. The summed E-state index contributed by atoms with van der Waals surface area (Å²) in [5, 5.41) is 10.2. The maximum absolute atomic E-state index is 4.78. The smallest absolute Gasteiger partial charge is 0.191 e. The number of aromatic nitrogens is 2. The van der Waals surface area contributed by atoms with Gasteiger partial charge in [0.25, 0.3) is 0 Å². The van der Waals surface area contributed by atoms with Crippen LogP contribution in [0.25, 0.3) is 0 Å². The molecule has 2 aromatic heterocycles. The van der Waals surface area contributed by atoms with Gasteiger partial charge in [-0.05, 0) is 31.9 Å². The zero-order valence-electron chi connectivity index (χ0n) is 18.5. The standard InChI is InChI=1S/C22H34N6S.HI/c1-5-23-21(25-14-20-27-19(16-29-20)22(2,3)4)26-17-9-12-28(13-10-17)15-18-8-6-7-11-24-18;/h6-8,11,16-17H,5,9-10,12-15H2,1-4H3,(H2,23,25,26);1H. The molecule has 3 heterocycles. The van der Waals surface area contributed by atoms with Crippen molar-refractivity contribution >= 4 is 41.3 Å². The number of nitrogens with zero attached hydrogens (tertiary/aromatic N) is 4. The number of hydrogen-bond donors (Lipinski definition) is 2. The fraction of sp³-hybridized carbons (Fsp3) is 0.591. The minimum Gasteiger partial charge on any atom is -0.357 e. The van der Waals surface area contributed by atoms with E-state index in [1.807, 2.05) is 12.3 Å². The number of pyridine rings is 1. The Bertz CT molecular complexity index is 778. The average Bonchev–Trinajstić information content (AvgIpc) is 3.18. The summed E-state index contributed by atoms with van der Waals surface area (Å²) in [5.74, 6) is 0.892. The zero-order valence-corrected chi connectivity index (χ0v) is 21.7. The Balaban J connectivity index is 0.00000320. The van der Waals surface area contributed by atoms with Gasteiger partial charge in [0.2, 0.25) is 0 Å². The van der Waals surface area contributed by atoms with Crippen LogP contribution in [0.5, 0.6) is 0 Å². The van der Waals surface area contributed by atoms with E-state index in [4.69, 9.17) is 9.98 Å². The van der Waals surface area contributed by atoms with Crippen molar-refractivity contribution in [2.75, 3.05) is 19.6 Å². The fourth-order valence-corrected chi connectivity index (χ4v) is 4.29. The first kappa shape index (κ1) is 25.0. The summed E-state index contributed by atoms with van der Waals surface area (Å²) in [4.78, 5) is 16.5. The Hall–Kier alpha value is -1.26. The predicted octanol–water partition coefficient (Wildman–Crippen LogP) is 4.17. The molecule has 0 amide bonds. The van der Waals surface area contributed by atoms with E-state index >= 15 is 0 Å². The van der Waals surface area contributed by atoms with Gasteiger partial charge in [-0.1, -0.05) is 26.8 Å². The lowest BCUT2D eigenvalue weighted by Crippen LogP contribution is -2.48. The molecule has 0 radical (unpaired) electrons. The van der Waals surface area contributed by atoms with E-state index in [0.29, 0.717) is 12.6 Å². The van der Waals surface area contributed by atoms with E-state index in [1.165, 1.54) is 0 Å². The maximum atomic E-state index is 4.78. The third-order valence-electron chi connectivity index (χ3n) is 5.08. The van der Waals surface area contributed by atoms with Gasteiger partial charge >= 0.3 is 0 Å². The van der Waals surface area contributed by atoms with Gasteiger partial charge in [-0.2, -0.15) is 0 Å². The lowest BCUT2D eigenvalue weighted by atomic mass is 9.93. The fourth-order valence-electron chi connectivity index (χ4n) is 3.34. The lowest BCUT2D eigenvalue weighted by molar-refractivity contribution is 0.196. The molecular formula is C22H35IN6S. The normalized spacial score (nSPS) is 16.2. The van der Waals surface area contributed by atoms with Crippen LogP contribution in [0.15, 0.2) is 34.8 Å². The van der Waals surface area contributed by atoms with Gasteiger partial charge in [0, 0.05) is 49.2 Å². The minimum atomic E-state index is 0. The summed E-state index contributed by atoms with van der Waals surface area (Å²) >= 11 is 1.70. The molecule has 2 N–H and O–H groups in total. The van der Waals surface area contributed by atoms with Crippen LogP contribution in [0, 0.1) is 0 Å². The molecule has 1 aliphatic heterocycles. The lowest BCUT2D eigenvalue weighted by Gasteiger charge is -2.32. The van der Waals surface area contributed by atoms with Crippen molar-refractivity contribution < 1.29 is 0 Å². The molecular weight excluding hydrogens is 507 g/mol. The number of aliphatic imine (C=N–C) groups is 1. The Kier molecular flexibility index (Phi) is 9.96. The molecule has 0 bridgehead atoms. The molecule has 0 spiro atoms. The second-order valence-corrected chi connectivity index (χ2v) is 9.53. The van der Waals surface area contributed by atoms with E-state index in [1.54, 1.807) is 11.3 Å². The van der Waals surface area contributed by atoms with E-state index in [0.717, 1.165) is 61.4 Å². The first-order valence-electron chi connectivity index (χ1n) is 10.6. The van der Waals surface area contributed by atoms with Crippen LogP contribution < -0.4 is 10.6 Å². The Morgan fingerprint density at radius 1 is 1.27 bits per heavy atom. The molecule has 1 fully saturated rings. The van der Waals surface area contributed by atoms with Crippen LogP contribution in [-0.4, -0.2) is 46.5 Å². The first-order valence-corrected chi connectivity index (χ1v) is 11.4. The molecule has 166 valence electrons. The maximum Gasteiger partial charge on any atom is 0.191 e. The second kappa shape index (κ2) is 12.0. The molecule has 1 saturated heterocycles. The number of guanidine groups is 1. The predicted molar refractivity (Wildman–Crippen MR) is 137 cm³/mol. The summed E-state index contributed by atoms with van der Waals surface area (Å²) in [6.45, 7) is 13.3. The highest BCUT2D eigenvalue weighted by molar-refractivity contribution is 14.0. The Labute approximate surface area is 202 Å². The largest absolute Gasteiger partial charge is 0.357 e. The zero-order chi connectivity index (χ0) is 20.7. The summed E-state index contributed by atoms with van der Waals surface area (Å²) < 4.78 is 0. The summed E-state index contributed by atoms with van der Waals surface area (Å²) in [7, 11) is 0. The van der Waals surface area contributed by atoms with Gasteiger partial charge in [-0.25, -0.2) is 9.98 Å². The molecule has 8 heteroatoms. The van der Waals surface area contributed by atoms with Crippen molar-refractivity contribution in [3.63, 3.8) is 0 Å². The van der Waals surface area contributed by atoms with Gasteiger partial charge in [0.1, 0.15) is 5.01 Å². The molecule has 0 atom stereocenters. The number of rotatable bonds is 6. The van der Waals surface area contributed by atoms with Crippen molar-refractivity contribution in [3.8, 4) is 0 Å². The number of hydrogen-bond acceptors (Lipinski definition) is 5. The van der Waals surface area contributed by atoms with E-state index in [2.05, 4.69) is 65.7 Å². The Morgan fingerprint density at radius 3 is 2.63 bits per heavy atom. The SMILES string of the molecule is CCNC(=NCc1nc(C(C)(C)C)cs1)NC1CCN(Cc2ccccn2)CC1.I. The molecule has 0 aromatic carbocycles. The van der Waals surface area contributed by atoms with Crippen molar-refractivity contribution in [1.82, 2.24) is 25.5 Å². The number of halogens is 1. The van der Waals surface area contributed by atoms with Gasteiger partial charge < -0.3 is 10.6 Å². The topological polar surface area (TPSA) is 65.4 Å². The van der Waals surface area contributed by atoms with Crippen molar-refractivity contribution in [1.29, 1.82) is 0 Å². The van der Waals surface area contributed by atoms with Crippen molar-refractivity contribution in [3.05, 3.63) is 46.2 Å². The molecule has 0 unspecified atom stereocenters. The average molecular weight is 543 g/mol. The molecule has 0 saturated carbocycles. The number of nitrogens with one attached hydrogen (secondary N) is 2. The van der Waals surface area contributed by atoms with Crippen LogP contribution in [0.4, 0.5) is 0 Å². The van der Waals surface area contributed by atoms with Crippen LogP contribution in [-0.2, 0) is 18.5 Å². The van der Waals surface area contributed by atoms with Gasteiger partial charge in [0.05, 0.1) is 17.9 Å². The molecule has 3 rings (SSSR count). The highest BCUT2D eigenvalue weighted by Crippen LogP contribution is 2.24. The van der Waals surface area contributed by atoms with Crippen LogP contribution >= 0.6 is 35.3 Å². The highest BCUT2D eigenvalue weighted by atomic mass is 127. The van der Waals surface area contributed by atoms with E-state index in [9.17, 15) is 0 Å². The highest BCUT2D eigenvalue weighted by Gasteiger charge is 2.21. The monoisotopic (exact) mass is 542 g/mol. The summed E-state index contributed by atoms with van der Waals surface area (Å²) in [5.41, 5.74) is 2.38. The van der Waals surface area contributed by atoms with Crippen LogP contribution in [0.3, 0.4) is 0 Å². The molecule has 6 nitrogen and oxygen atoms in total. The third kappa shape index (κ3) is 7.77. The van der Waals surface area contributed by atoms with Crippen LogP contribution in [0.2, 0.25) is 0 Å². The van der Waals surface area contributed by atoms with E-state index < -0.39 is 0 Å². The Morgan fingerprint density at radius 2 is 2.03 bits per heavy atom. The molecule has 1 aliphatic rings. The van der Waals surface area contributed by atoms with E-state index in [-0.39, 0.29) is 29.4 Å². The van der Waals surface area contributed by atoms with Crippen molar-refractivity contribution in [2.24, 2.45) is 4.99 Å². The minimum absolute atomic E-state index is 0. The summed E-state index contributed by atoms with van der Waals surface area (Å²) in [6, 6.07) is 6.58. The molecule has 30 heavy (non-hydrogen) atoms. The van der Waals surface area contributed by atoms with Crippen molar-refractivity contribution in [2.45, 2.75) is 65.1 Å². The van der Waals surface area contributed by atoms with Gasteiger partial charge in [-0.3, -0.25) is 9.88 Å².